The minimum absolute atomic E-state index is 0.111. The van der Waals surface area contributed by atoms with Crippen molar-refractivity contribution in [3.05, 3.63) is 0 Å². The zero-order valence-corrected chi connectivity index (χ0v) is 52.8. The van der Waals surface area contributed by atoms with Gasteiger partial charge in [0.15, 0.2) is 50.3 Å². The van der Waals surface area contributed by atoms with Crippen LogP contribution >= 0.6 is 23.5 Å². The van der Waals surface area contributed by atoms with Gasteiger partial charge < -0.3 is 180 Å². The molecule has 21 fully saturated rings. The van der Waals surface area contributed by atoms with Gasteiger partial charge in [-0.15, -0.1) is 0 Å². The molecule has 546 valence electrons. The molecule has 94 heavy (non-hydrogen) atoms. The molecule has 35 atom stereocenters. The van der Waals surface area contributed by atoms with Crippen LogP contribution in [0.25, 0.3) is 0 Å². The molecule has 0 aliphatic carbocycles. The Labute approximate surface area is 547 Å². The Morgan fingerprint density at radius 1 is 0.340 bits per heavy atom. The van der Waals surface area contributed by atoms with E-state index in [2.05, 4.69) is 10.6 Å². The average molecular weight is 1410 g/mol. The number of unbranched alkanes of at least 4 members (excludes halogenated alkanes) is 3. The molecular weight excluding hydrogens is 1310 g/mol. The first-order valence-corrected chi connectivity index (χ1v) is 33.5. The van der Waals surface area contributed by atoms with Crippen molar-refractivity contribution in [2.45, 2.75) is 254 Å². The first-order valence-electron chi connectivity index (χ1n) is 31.1. The molecule has 0 radical (unpaired) electrons. The van der Waals surface area contributed by atoms with Gasteiger partial charge in [0, 0.05) is 56.0 Å². The fourth-order valence-electron chi connectivity index (χ4n) is 12.1. The molecule has 14 unspecified atom stereocenters. The summed E-state index contributed by atoms with van der Waals surface area (Å²) in [6, 6.07) is 0. The molecule has 0 saturated carbocycles. The van der Waals surface area contributed by atoms with Gasteiger partial charge in [0.25, 0.3) is 0 Å². The average Bonchev–Trinajstić information content (AvgIpc) is 0.797. The largest absolute Gasteiger partial charge is 0.394 e. The van der Waals surface area contributed by atoms with Crippen LogP contribution in [-0.2, 0) is 66.3 Å². The monoisotopic (exact) mass is 1410 g/mol. The fourth-order valence-corrected chi connectivity index (χ4v) is 13.8. The van der Waals surface area contributed by atoms with E-state index in [1.165, 1.54) is 11.8 Å². The highest BCUT2D eigenvalue weighted by atomic mass is 32.2. The molecule has 38 nitrogen and oxygen atoms in total. The summed E-state index contributed by atoms with van der Waals surface area (Å²) in [7, 11) is 1.68. The molecule has 21 rings (SSSR count). The molecule has 0 aromatic carbocycles. The summed E-state index contributed by atoms with van der Waals surface area (Å²) in [5.41, 5.74) is 5.73. The highest BCUT2D eigenvalue weighted by molar-refractivity contribution is 7.99. The molecule has 0 spiro atoms. The fraction of sp³-hybridized carbons (Fsp3) is 0.963. The first kappa shape index (κ1) is 78.0. The van der Waals surface area contributed by atoms with Crippen molar-refractivity contribution >= 4 is 35.2 Å². The van der Waals surface area contributed by atoms with E-state index in [0.29, 0.717) is 18.7 Å². The van der Waals surface area contributed by atoms with E-state index in [1.807, 2.05) is 0 Å². The van der Waals surface area contributed by atoms with E-state index in [-0.39, 0.29) is 41.9 Å². The van der Waals surface area contributed by atoms with Crippen molar-refractivity contribution < 1.29 is 163 Å². The zero-order valence-electron chi connectivity index (χ0n) is 51.1. The third-order valence-electron chi connectivity index (χ3n) is 17.4. The summed E-state index contributed by atoms with van der Waals surface area (Å²) < 4.78 is 82.2. The maximum Gasteiger partial charge on any atom is 0.189 e. The van der Waals surface area contributed by atoms with Gasteiger partial charge in [-0.05, 0) is 12.8 Å². The highest BCUT2D eigenvalue weighted by Crippen LogP contribution is 2.39. The number of thioether (sulfide) groups is 2. The van der Waals surface area contributed by atoms with Gasteiger partial charge in [-0.2, -0.15) is 23.5 Å². The smallest absolute Gasteiger partial charge is 0.189 e. The van der Waals surface area contributed by atoms with Crippen LogP contribution in [0, 0.1) is 10.8 Å². The van der Waals surface area contributed by atoms with Crippen molar-refractivity contribution in [2.75, 3.05) is 69.6 Å². The van der Waals surface area contributed by atoms with Crippen LogP contribution in [0.1, 0.15) is 38.5 Å². The second-order valence-electron chi connectivity index (χ2n) is 23.9. The number of aliphatic hydroxyl groups excluding tert-OH is 19. The second-order valence-corrected chi connectivity index (χ2v) is 26.2. The van der Waals surface area contributed by atoms with E-state index < -0.39 is 242 Å². The minimum atomic E-state index is -2.33. The normalized spacial score (nSPS) is 47.4. The number of nitrogens with two attached hydrogens (primary N) is 1. The maximum absolute atomic E-state index is 11.9. The number of rotatable bonds is 20. The number of nitrogens with one attached hydrogen (secondary N) is 4. The lowest BCUT2D eigenvalue weighted by Gasteiger charge is -2.50. The van der Waals surface area contributed by atoms with Gasteiger partial charge in [-0.3, -0.25) is 10.8 Å². The molecule has 40 heteroatoms. The third kappa shape index (κ3) is 18.3. The third-order valence-corrected chi connectivity index (χ3v) is 19.6. The van der Waals surface area contributed by atoms with E-state index in [4.69, 9.17) is 82.9 Å². The van der Waals surface area contributed by atoms with Crippen molar-refractivity contribution in [3.8, 4) is 0 Å². The number of ether oxygens (including phenoxy) is 14. The second kappa shape index (κ2) is 36.2. The van der Waals surface area contributed by atoms with Crippen LogP contribution < -0.4 is 16.4 Å². The van der Waals surface area contributed by atoms with Crippen LogP contribution in [-0.4, -0.2) is 393 Å². The Kier molecular flexibility index (Phi) is 30.1. The summed E-state index contributed by atoms with van der Waals surface area (Å²) in [6.45, 7) is -3.72. The van der Waals surface area contributed by atoms with Gasteiger partial charge in [0.05, 0.1) is 50.3 Å². The Hall–Kier alpha value is -1.72. The molecule has 14 bridgehead atoms. The zero-order chi connectivity index (χ0) is 68.4. The molecule has 25 N–H and O–H groups in total. The van der Waals surface area contributed by atoms with Crippen molar-refractivity contribution in [1.82, 2.24) is 10.6 Å². The predicted octanol–water partition coefficient (Wildman–Crippen LogP) is -11.7. The van der Waals surface area contributed by atoms with Gasteiger partial charge >= 0.3 is 0 Å². The molecule has 21 aliphatic rings. The molecule has 0 amide bonds. The van der Waals surface area contributed by atoms with Crippen molar-refractivity contribution in [3.63, 3.8) is 0 Å². The number of amidine groups is 2. The summed E-state index contributed by atoms with van der Waals surface area (Å²) in [4.78, 5) is 0. The number of hydrogen-bond acceptors (Lipinski definition) is 38. The summed E-state index contributed by atoms with van der Waals surface area (Å²) in [5.74, 6) is 1.00. The van der Waals surface area contributed by atoms with E-state index in [9.17, 15) is 97.0 Å². The van der Waals surface area contributed by atoms with Crippen molar-refractivity contribution in [1.29, 1.82) is 10.8 Å². The number of aliphatic hydroxyl groups is 19. The van der Waals surface area contributed by atoms with E-state index >= 15 is 0 Å². The van der Waals surface area contributed by atoms with Crippen LogP contribution in [0.3, 0.4) is 0 Å². The van der Waals surface area contributed by atoms with Gasteiger partial charge in [-0.25, -0.2) is 0 Å². The minimum Gasteiger partial charge on any atom is -0.394 e. The summed E-state index contributed by atoms with van der Waals surface area (Å²) in [6.07, 6.45) is -65.1. The topological polar surface area (TPSA) is 611 Å². The van der Waals surface area contributed by atoms with Crippen LogP contribution in [0.4, 0.5) is 0 Å². The first-order chi connectivity index (χ1) is 44.9. The Morgan fingerprint density at radius 2 is 0.606 bits per heavy atom. The molecule has 21 saturated heterocycles. The lowest BCUT2D eigenvalue weighted by atomic mass is 9.95. The lowest BCUT2D eigenvalue weighted by molar-refractivity contribution is -0.409. The molecule has 21 aliphatic heterocycles. The van der Waals surface area contributed by atoms with Gasteiger partial charge in [0.1, 0.15) is 153 Å². The van der Waals surface area contributed by atoms with Crippen molar-refractivity contribution in [2.24, 2.45) is 5.73 Å². The standard InChI is InChI=1S/C54H95N5O33S2/c1-58-24(56)6-4-2-3-5-7-25(57)59-9-11-94-17-23-45-31(69)38(76)53(84-23)86-41-19(13-61)79-48(33(71)26(41)64)85-40-18(12-60)80-49(34(72)27(40)65)89-44-22(16-93-10-8-55)83-52(37(75)30(44)68)87-42-20(14-62)82-51(36(74)29(42)67)91-46-32(70)39(77)54(92-47(46)78)88-43-21(15-63)81-50(90-45)35(73)28(43)66/h18-23,26-54,60-78H,2-17,55H2,1H3,(H2,56,58)(H2,57,59)/t18?,19?,20?,21?,22?,23?,26-,27-,28-,29-,30-,31-,32-,33?,34?,35?,36?,37?,38?,39?,40-,41-,42-,43-,44-,45-,46+,47?,48+,49+,50-,51-,52+,53-,54+/m1/s1. The Balaban J connectivity index is 1.05. The van der Waals surface area contributed by atoms with Crippen LogP contribution in [0.2, 0.25) is 0 Å². The molecule has 0 aromatic rings. The van der Waals surface area contributed by atoms with Gasteiger partial charge in [-0.1, -0.05) is 12.8 Å². The molecule has 21 heterocycles. The quantitative estimate of drug-likeness (QED) is 0.0306. The van der Waals surface area contributed by atoms with Crippen LogP contribution in [0.15, 0.2) is 0 Å². The molecular formula is C54H95N5O33S2. The summed E-state index contributed by atoms with van der Waals surface area (Å²) >= 11 is 2.33. The molecule has 0 aromatic heterocycles. The van der Waals surface area contributed by atoms with Crippen LogP contribution in [0.5, 0.6) is 0 Å². The lowest BCUT2D eigenvalue weighted by Crippen LogP contribution is -2.68. The van der Waals surface area contributed by atoms with E-state index in [1.54, 1.807) is 7.05 Å². The predicted molar refractivity (Wildman–Crippen MR) is 313 cm³/mol. The van der Waals surface area contributed by atoms with Gasteiger partial charge in [0.2, 0.25) is 0 Å². The highest BCUT2D eigenvalue weighted by Gasteiger charge is 2.59. The Bertz CT molecular complexity index is 2300. The number of hydrogen-bond donors (Lipinski definition) is 24. The van der Waals surface area contributed by atoms with E-state index in [0.717, 1.165) is 37.4 Å². The SMILES string of the molecule is CNC(=N)CCCCCCC(=N)NCCSCC1O[C@@H]2O[C@@H]3C(CO)O[C@@H](O[C@@H]4C(CO)O[C@@H](O[C@@H]5C(CSCCN)O[C@@H](O[C@@H]6C(CO)O[C@H](O[C@@H]7C(O)O[C@H](O[C@@H]8C(CO)O[C@H](O[C@H]1[C@H](O)C2O)C(O)[C@H]8O)C(O)[C@H]7O)C(O)[C@H]6O)C(O)[C@H]5O)C(O)[C@H]4O)C(O)[C@H]3O. The Morgan fingerprint density at radius 3 is 0.915 bits per heavy atom. The maximum atomic E-state index is 11.9. The summed E-state index contributed by atoms with van der Waals surface area (Å²) in [5, 5.41) is 238.